The number of benzene rings is 1. The van der Waals surface area contributed by atoms with Gasteiger partial charge in [0.05, 0.1) is 24.0 Å². The van der Waals surface area contributed by atoms with Crippen LogP contribution in [0.1, 0.15) is 16.4 Å². The summed E-state index contributed by atoms with van der Waals surface area (Å²) in [5.74, 6) is -0.601. The van der Waals surface area contributed by atoms with E-state index in [1.807, 2.05) is 0 Å². The molecule has 1 aromatic carbocycles. The van der Waals surface area contributed by atoms with Crippen LogP contribution in [0.2, 0.25) is 0 Å². The number of nitro groups is 1. The summed E-state index contributed by atoms with van der Waals surface area (Å²) in [5, 5.41) is 23.4. The fourth-order valence-electron chi connectivity index (χ4n) is 2.56. The largest absolute Gasteiger partial charge is 0.497 e. The highest BCUT2D eigenvalue weighted by atomic mass is 16.6. The van der Waals surface area contributed by atoms with E-state index in [0.717, 1.165) is 0 Å². The Morgan fingerprint density at radius 2 is 1.94 bits per heavy atom. The second-order valence-corrected chi connectivity index (χ2v) is 6.32. The summed E-state index contributed by atoms with van der Waals surface area (Å²) < 4.78 is 11.3. The monoisotopic (exact) mass is 429 g/mol. The molecule has 2 heterocycles. The van der Waals surface area contributed by atoms with Crippen molar-refractivity contribution in [3.8, 4) is 17.1 Å². The van der Waals surface area contributed by atoms with Crippen LogP contribution in [0.15, 0.2) is 34.9 Å². The van der Waals surface area contributed by atoms with Crippen LogP contribution in [0.25, 0.3) is 11.4 Å². The molecule has 0 bridgehead atoms. The lowest BCUT2D eigenvalue weighted by Crippen LogP contribution is -2.36. The summed E-state index contributed by atoms with van der Waals surface area (Å²) in [6, 6.07) is 8.21. The number of carbonyl (C=O) groups excluding carboxylic acids is 2. The van der Waals surface area contributed by atoms with Gasteiger partial charge in [-0.3, -0.25) is 9.59 Å². The molecule has 0 unspecified atom stereocenters. The number of aromatic nitrogens is 4. The first kappa shape index (κ1) is 21.4. The van der Waals surface area contributed by atoms with Gasteiger partial charge in [-0.25, -0.2) is 0 Å². The average Bonchev–Trinajstić information content (AvgIpc) is 3.39. The molecule has 0 aliphatic carbocycles. The van der Waals surface area contributed by atoms with Gasteiger partial charge in [0.25, 0.3) is 0 Å². The Kier molecular flexibility index (Phi) is 6.54. The Balaban J connectivity index is 1.44. The number of ether oxygens (including phenoxy) is 1. The first-order chi connectivity index (χ1) is 14.9. The molecule has 13 heteroatoms. The summed E-state index contributed by atoms with van der Waals surface area (Å²) in [6.45, 7) is 1.68. The fraction of sp³-hybridized carbons (Fsp3) is 0.278. The quantitative estimate of drug-likeness (QED) is 0.283. The zero-order valence-corrected chi connectivity index (χ0v) is 16.7. The first-order valence-corrected chi connectivity index (χ1v) is 9.09. The lowest BCUT2D eigenvalue weighted by atomic mass is 10.2. The van der Waals surface area contributed by atoms with Gasteiger partial charge in [0.1, 0.15) is 12.3 Å². The van der Waals surface area contributed by atoms with Crippen molar-refractivity contribution in [1.29, 1.82) is 0 Å². The standard InChI is InChI=1S/C18H19N7O6/c1-11-9-14(25(28)29)22-24(11)10-15(26)19-7-8-20-17(27)18-21-16(23-31-18)12-3-5-13(30-2)6-4-12/h3-6,9H,7-8,10H2,1-2H3,(H,19,26)(H,20,27). The van der Waals surface area contributed by atoms with Crippen molar-refractivity contribution in [2.75, 3.05) is 20.2 Å². The van der Waals surface area contributed by atoms with Gasteiger partial charge in [-0.2, -0.15) is 9.67 Å². The molecular weight excluding hydrogens is 410 g/mol. The molecular formula is C18H19N7O6. The van der Waals surface area contributed by atoms with Gasteiger partial charge in [0.15, 0.2) is 0 Å². The Morgan fingerprint density at radius 1 is 1.23 bits per heavy atom. The third-order valence-electron chi connectivity index (χ3n) is 4.15. The van der Waals surface area contributed by atoms with Crippen LogP contribution in [0.5, 0.6) is 5.75 Å². The first-order valence-electron chi connectivity index (χ1n) is 9.09. The third-order valence-corrected chi connectivity index (χ3v) is 4.15. The Morgan fingerprint density at radius 3 is 2.58 bits per heavy atom. The van der Waals surface area contributed by atoms with Crippen LogP contribution in [0.4, 0.5) is 5.82 Å². The van der Waals surface area contributed by atoms with Crippen LogP contribution < -0.4 is 15.4 Å². The molecule has 0 saturated carbocycles. The Hall–Kier alpha value is -4.29. The van der Waals surface area contributed by atoms with E-state index in [2.05, 4.69) is 25.9 Å². The highest BCUT2D eigenvalue weighted by molar-refractivity contribution is 5.89. The van der Waals surface area contributed by atoms with Gasteiger partial charge in [0.2, 0.25) is 11.7 Å². The van der Waals surface area contributed by atoms with Crippen LogP contribution in [-0.4, -0.2) is 56.9 Å². The number of hydrogen-bond donors (Lipinski definition) is 2. The van der Waals surface area contributed by atoms with Crippen LogP contribution in [0.3, 0.4) is 0 Å². The highest BCUT2D eigenvalue weighted by Gasteiger charge is 2.18. The number of amides is 2. The molecule has 31 heavy (non-hydrogen) atoms. The molecule has 0 aliphatic rings. The Bertz CT molecular complexity index is 1090. The molecule has 162 valence electrons. The second kappa shape index (κ2) is 9.47. The lowest BCUT2D eigenvalue weighted by Gasteiger charge is -2.05. The van der Waals surface area contributed by atoms with Crippen molar-refractivity contribution < 1.29 is 23.8 Å². The minimum Gasteiger partial charge on any atom is -0.497 e. The minimum absolute atomic E-state index is 0.114. The molecule has 2 N–H and O–H groups in total. The van der Waals surface area contributed by atoms with E-state index < -0.39 is 16.7 Å². The molecule has 0 atom stereocenters. The average molecular weight is 429 g/mol. The molecule has 2 amide bonds. The van der Waals surface area contributed by atoms with Crippen LogP contribution in [0, 0.1) is 17.0 Å². The van der Waals surface area contributed by atoms with E-state index in [4.69, 9.17) is 9.26 Å². The highest BCUT2D eigenvalue weighted by Crippen LogP contribution is 2.19. The summed E-state index contributed by atoms with van der Waals surface area (Å²) in [4.78, 5) is 38.2. The molecule has 0 aliphatic heterocycles. The van der Waals surface area contributed by atoms with E-state index >= 15 is 0 Å². The number of nitrogens with zero attached hydrogens (tertiary/aromatic N) is 5. The fourth-order valence-corrected chi connectivity index (χ4v) is 2.56. The van der Waals surface area contributed by atoms with Gasteiger partial charge < -0.3 is 30.0 Å². The third kappa shape index (κ3) is 5.41. The maximum atomic E-state index is 12.1. The van der Waals surface area contributed by atoms with Gasteiger partial charge in [-0.15, -0.1) is 0 Å². The van der Waals surface area contributed by atoms with E-state index in [1.165, 1.54) is 10.7 Å². The van der Waals surface area contributed by atoms with Crippen molar-refractivity contribution in [3.05, 3.63) is 52.0 Å². The minimum atomic E-state index is -0.630. The molecule has 0 spiro atoms. The van der Waals surface area contributed by atoms with Crippen LogP contribution in [-0.2, 0) is 11.3 Å². The van der Waals surface area contributed by atoms with Crippen molar-refractivity contribution in [2.45, 2.75) is 13.5 Å². The normalized spacial score (nSPS) is 10.5. The number of hydrogen-bond acceptors (Lipinski definition) is 9. The van der Waals surface area contributed by atoms with Crippen molar-refractivity contribution >= 4 is 17.6 Å². The predicted molar refractivity (Wildman–Crippen MR) is 105 cm³/mol. The summed E-state index contributed by atoms with van der Waals surface area (Å²) in [7, 11) is 1.55. The van der Waals surface area contributed by atoms with Gasteiger partial charge in [-0.05, 0) is 36.1 Å². The predicted octanol–water partition coefficient (Wildman–Crippen LogP) is 0.705. The summed E-state index contributed by atoms with van der Waals surface area (Å²) in [5.41, 5.74) is 1.14. The molecule has 0 radical (unpaired) electrons. The number of aryl methyl sites for hydroxylation is 1. The molecule has 0 fully saturated rings. The topological polar surface area (TPSA) is 167 Å². The van der Waals surface area contributed by atoms with Gasteiger partial charge in [-0.1, -0.05) is 5.16 Å². The number of rotatable bonds is 9. The second-order valence-electron chi connectivity index (χ2n) is 6.32. The van der Waals surface area contributed by atoms with E-state index in [9.17, 15) is 19.7 Å². The van der Waals surface area contributed by atoms with Crippen LogP contribution >= 0.6 is 0 Å². The molecule has 0 saturated heterocycles. The van der Waals surface area contributed by atoms with Crippen molar-refractivity contribution in [1.82, 2.24) is 30.6 Å². The maximum Gasteiger partial charge on any atom is 0.390 e. The van der Waals surface area contributed by atoms with Gasteiger partial charge in [0, 0.05) is 18.7 Å². The smallest absolute Gasteiger partial charge is 0.390 e. The summed E-state index contributed by atoms with van der Waals surface area (Å²) >= 11 is 0. The number of nitrogens with one attached hydrogen (secondary N) is 2. The summed E-state index contributed by atoms with van der Waals surface area (Å²) in [6.07, 6.45) is 0. The zero-order chi connectivity index (χ0) is 22.4. The van der Waals surface area contributed by atoms with E-state index in [1.54, 1.807) is 38.3 Å². The zero-order valence-electron chi connectivity index (χ0n) is 16.7. The molecule has 2 aromatic heterocycles. The van der Waals surface area contributed by atoms with Crippen molar-refractivity contribution in [3.63, 3.8) is 0 Å². The number of carbonyl (C=O) groups is 2. The lowest BCUT2D eigenvalue weighted by molar-refractivity contribution is -0.389. The van der Waals surface area contributed by atoms with Gasteiger partial charge >= 0.3 is 17.6 Å². The van der Waals surface area contributed by atoms with E-state index in [-0.39, 0.29) is 37.2 Å². The van der Waals surface area contributed by atoms with Crippen molar-refractivity contribution in [2.24, 2.45) is 0 Å². The SMILES string of the molecule is COc1ccc(-c2noc(C(=O)NCCNC(=O)Cn3nc([N+](=O)[O-])cc3C)n2)cc1. The Labute approximate surface area is 175 Å². The number of methoxy groups -OCH3 is 1. The van der Waals surface area contributed by atoms with E-state index in [0.29, 0.717) is 17.0 Å². The molecule has 3 aromatic rings. The molecule has 3 rings (SSSR count). The molecule has 13 nitrogen and oxygen atoms in total. The maximum absolute atomic E-state index is 12.1.